The normalized spacial score (nSPS) is 11.0. The molecule has 1 aromatic rings. The predicted molar refractivity (Wildman–Crippen MR) is 56.4 cm³/mol. The van der Waals surface area contributed by atoms with E-state index in [2.05, 4.69) is 15.3 Å². The van der Waals surface area contributed by atoms with Crippen molar-refractivity contribution in [3.05, 3.63) is 30.2 Å². The summed E-state index contributed by atoms with van der Waals surface area (Å²) in [7, 11) is 0. The van der Waals surface area contributed by atoms with E-state index in [1.165, 1.54) is 6.21 Å². The zero-order chi connectivity index (χ0) is 10.9. The lowest BCUT2D eigenvalue weighted by molar-refractivity contribution is 0.152. The van der Waals surface area contributed by atoms with Gasteiger partial charge in [-0.2, -0.15) is 5.10 Å². The molecular formula is C10H12N2O3. The lowest BCUT2D eigenvalue weighted by Gasteiger charge is -1.97. The second-order valence-electron chi connectivity index (χ2n) is 2.48. The van der Waals surface area contributed by atoms with E-state index < -0.39 is 6.09 Å². The molecule has 1 rings (SSSR count). The Morgan fingerprint density at radius 1 is 1.73 bits per heavy atom. The van der Waals surface area contributed by atoms with Gasteiger partial charge in [0, 0.05) is 6.21 Å². The number of amides is 1. The van der Waals surface area contributed by atoms with Crippen LogP contribution < -0.4 is 5.43 Å². The number of carbonyl (C=O) groups excluding carboxylic acids is 1. The van der Waals surface area contributed by atoms with Crippen molar-refractivity contribution in [2.45, 2.75) is 6.92 Å². The van der Waals surface area contributed by atoms with Crippen LogP contribution in [0.15, 0.2) is 34.0 Å². The molecule has 80 valence electrons. The van der Waals surface area contributed by atoms with Gasteiger partial charge in [-0.1, -0.05) is 0 Å². The van der Waals surface area contributed by atoms with Gasteiger partial charge in [0.25, 0.3) is 0 Å². The average molecular weight is 208 g/mol. The maximum Gasteiger partial charge on any atom is 0.427 e. The Bertz CT molecular complexity index is 342. The standard InChI is InChI=1S/C10H12N2O3/c1-2-14-10(13)12-11-7-3-5-9-6-4-8-15-9/h3-8H,2H2,1H3,(H,12,13)/b5-3?,11-7-. The van der Waals surface area contributed by atoms with Gasteiger partial charge >= 0.3 is 6.09 Å². The van der Waals surface area contributed by atoms with Gasteiger partial charge in [-0.3, -0.25) is 0 Å². The van der Waals surface area contributed by atoms with Crippen molar-refractivity contribution in [2.75, 3.05) is 6.61 Å². The SMILES string of the molecule is CCOC(=O)N/N=C\C=Cc1ccco1. The van der Waals surface area contributed by atoms with Crippen molar-refractivity contribution in [2.24, 2.45) is 5.10 Å². The van der Waals surface area contributed by atoms with Crippen LogP contribution in [0.25, 0.3) is 6.08 Å². The molecule has 0 spiro atoms. The zero-order valence-corrected chi connectivity index (χ0v) is 8.34. The van der Waals surface area contributed by atoms with Crippen LogP contribution in [0.4, 0.5) is 4.79 Å². The van der Waals surface area contributed by atoms with E-state index in [1.54, 1.807) is 31.4 Å². The van der Waals surface area contributed by atoms with Crippen LogP contribution in [0.1, 0.15) is 12.7 Å². The molecule has 0 radical (unpaired) electrons. The number of hydrogen-bond acceptors (Lipinski definition) is 4. The molecule has 0 fully saturated rings. The quantitative estimate of drug-likeness (QED) is 0.608. The summed E-state index contributed by atoms with van der Waals surface area (Å²) in [5, 5.41) is 3.61. The van der Waals surface area contributed by atoms with Crippen molar-refractivity contribution in [3.8, 4) is 0 Å². The lowest BCUT2D eigenvalue weighted by atomic mass is 10.4. The molecule has 0 atom stereocenters. The van der Waals surface area contributed by atoms with Crippen molar-refractivity contribution < 1.29 is 13.9 Å². The van der Waals surface area contributed by atoms with Gasteiger partial charge in [0.05, 0.1) is 12.9 Å². The summed E-state index contributed by atoms with van der Waals surface area (Å²) >= 11 is 0. The van der Waals surface area contributed by atoms with Crippen LogP contribution >= 0.6 is 0 Å². The smallest absolute Gasteiger partial charge is 0.427 e. The Hall–Kier alpha value is -2.04. The Labute approximate surface area is 87.4 Å². The van der Waals surface area contributed by atoms with Gasteiger partial charge < -0.3 is 9.15 Å². The molecule has 0 unspecified atom stereocenters. The summed E-state index contributed by atoms with van der Waals surface area (Å²) in [6.07, 6.45) is 5.80. The summed E-state index contributed by atoms with van der Waals surface area (Å²) in [6, 6.07) is 3.59. The Morgan fingerprint density at radius 3 is 3.27 bits per heavy atom. The van der Waals surface area contributed by atoms with Crippen molar-refractivity contribution in [3.63, 3.8) is 0 Å². The molecule has 0 aliphatic rings. The highest BCUT2D eigenvalue weighted by Crippen LogP contribution is 2.00. The van der Waals surface area contributed by atoms with Gasteiger partial charge in [-0.15, -0.1) is 0 Å². The molecule has 0 aliphatic heterocycles. The molecule has 1 heterocycles. The number of nitrogens with zero attached hydrogens (tertiary/aromatic N) is 1. The van der Waals surface area contributed by atoms with Gasteiger partial charge in [0.15, 0.2) is 0 Å². The van der Waals surface area contributed by atoms with Crippen molar-refractivity contribution in [1.82, 2.24) is 5.43 Å². The van der Waals surface area contributed by atoms with E-state index >= 15 is 0 Å². The third-order valence-electron chi connectivity index (χ3n) is 1.40. The van der Waals surface area contributed by atoms with Crippen molar-refractivity contribution in [1.29, 1.82) is 0 Å². The summed E-state index contributed by atoms with van der Waals surface area (Å²) in [5.41, 5.74) is 2.19. The van der Waals surface area contributed by atoms with Gasteiger partial charge in [-0.05, 0) is 31.2 Å². The molecule has 1 aromatic heterocycles. The van der Waals surface area contributed by atoms with E-state index in [0.717, 1.165) is 5.76 Å². The van der Waals surface area contributed by atoms with Crippen LogP contribution in [0.3, 0.4) is 0 Å². The zero-order valence-electron chi connectivity index (χ0n) is 8.34. The Kier molecular flexibility index (Phi) is 4.72. The van der Waals surface area contributed by atoms with Crippen LogP contribution in [0, 0.1) is 0 Å². The van der Waals surface area contributed by atoms with Crippen LogP contribution in [0.5, 0.6) is 0 Å². The fourth-order valence-electron chi connectivity index (χ4n) is 0.820. The first-order valence-corrected chi connectivity index (χ1v) is 4.49. The number of nitrogens with one attached hydrogen (secondary N) is 1. The molecule has 1 N–H and O–H groups in total. The summed E-state index contributed by atoms with van der Waals surface area (Å²) in [4.78, 5) is 10.7. The predicted octanol–water partition coefficient (Wildman–Crippen LogP) is 2.02. The molecule has 0 bridgehead atoms. The first-order chi connectivity index (χ1) is 7.33. The summed E-state index contributed by atoms with van der Waals surface area (Å²) < 4.78 is 9.63. The van der Waals surface area contributed by atoms with E-state index in [4.69, 9.17) is 4.42 Å². The summed E-state index contributed by atoms with van der Waals surface area (Å²) in [6.45, 7) is 2.05. The first kappa shape index (κ1) is 11.0. The first-order valence-electron chi connectivity index (χ1n) is 4.49. The fourth-order valence-corrected chi connectivity index (χ4v) is 0.820. The molecule has 0 saturated heterocycles. The minimum Gasteiger partial charge on any atom is -0.465 e. The number of ether oxygens (including phenoxy) is 1. The average Bonchev–Trinajstić information content (AvgIpc) is 2.70. The Balaban J connectivity index is 2.25. The summed E-state index contributed by atoms with van der Waals surface area (Å²) in [5.74, 6) is 0.720. The monoisotopic (exact) mass is 208 g/mol. The highest BCUT2D eigenvalue weighted by molar-refractivity contribution is 5.78. The maximum atomic E-state index is 10.7. The molecule has 15 heavy (non-hydrogen) atoms. The van der Waals surface area contributed by atoms with Gasteiger partial charge in [0.2, 0.25) is 0 Å². The highest BCUT2D eigenvalue weighted by atomic mass is 16.5. The number of rotatable bonds is 4. The largest absolute Gasteiger partial charge is 0.465 e. The molecule has 0 saturated carbocycles. The van der Waals surface area contributed by atoms with Crippen LogP contribution in [0.2, 0.25) is 0 Å². The van der Waals surface area contributed by atoms with Crippen LogP contribution in [-0.4, -0.2) is 18.9 Å². The molecule has 5 nitrogen and oxygen atoms in total. The molecule has 0 aliphatic carbocycles. The van der Waals surface area contributed by atoms with Gasteiger partial charge in [-0.25, -0.2) is 10.2 Å². The molecule has 0 aromatic carbocycles. The number of carbonyl (C=O) groups is 1. The van der Waals surface area contributed by atoms with E-state index in [-0.39, 0.29) is 0 Å². The lowest BCUT2D eigenvalue weighted by Crippen LogP contribution is -2.18. The second-order valence-corrected chi connectivity index (χ2v) is 2.48. The number of furan rings is 1. The minimum atomic E-state index is -0.569. The second kappa shape index (κ2) is 6.42. The molecular weight excluding hydrogens is 196 g/mol. The Morgan fingerprint density at radius 2 is 2.60 bits per heavy atom. The third kappa shape index (κ3) is 4.66. The van der Waals surface area contributed by atoms with E-state index in [0.29, 0.717) is 6.61 Å². The number of allylic oxidation sites excluding steroid dienone is 1. The topological polar surface area (TPSA) is 63.8 Å². The fraction of sp³-hybridized carbons (Fsp3) is 0.200. The van der Waals surface area contributed by atoms with Crippen LogP contribution in [-0.2, 0) is 4.74 Å². The van der Waals surface area contributed by atoms with E-state index in [9.17, 15) is 4.79 Å². The number of hydrogen-bond donors (Lipinski definition) is 1. The third-order valence-corrected chi connectivity index (χ3v) is 1.40. The highest BCUT2D eigenvalue weighted by Gasteiger charge is 1.93. The van der Waals surface area contributed by atoms with Gasteiger partial charge in [0.1, 0.15) is 5.76 Å². The van der Waals surface area contributed by atoms with Crippen molar-refractivity contribution >= 4 is 18.4 Å². The molecule has 5 heteroatoms. The number of hydrazone groups is 1. The molecule has 1 amide bonds. The maximum absolute atomic E-state index is 10.7. The van der Waals surface area contributed by atoms with E-state index in [1.807, 2.05) is 6.07 Å². The minimum absolute atomic E-state index is 0.323.